The van der Waals surface area contributed by atoms with Crippen LogP contribution in [-0.4, -0.2) is 62.1 Å². The summed E-state index contributed by atoms with van der Waals surface area (Å²) in [5.41, 5.74) is 3.55. The minimum absolute atomic E-state index is 0.107. The molecule has 38 heavy (non-hydrogen) atoms. The van der Waals surface area contributed by atoms with Crippen LogP contribution in [-0.2, 0) is 30.7 Å². The predicted molar refractivity (Wildman–Crippen MR) is 143 cm³/mol. The number of H-pyrrole nitrogens is 1. The molecule has 1 aliphatic rings. The molecule has 10 nitrogen and oxygen atoms in total. The van der Waals surface area contributed by atoms with E-state index < -0.39 is 5.91 Å². The third kappa shape index (κ3) is 4.98. The van der Waals surface area contributed by atoms with E-state index in [0.29, 0.717) is 48.8 Å². The monoisotopic (exact) mass is 531 g/mol. The van der Waals surface area contributed by atoms with Gasteiger partial charge in [0.25, 0.3) is 5.91 Å². The number of nitrogens with zero attached hydrogens (tertiary/aromatic N) is 5. The van der Waals surface area contributed by atoms with Gasteiger partial charge in [-0.05, 0) is 58.3 Å². The summed E-state index contributed by atoms with van der Waals surface area (Å²) in [5, 5.41) is 19.1. The molecule has 0 saturated carbocycles. The van der Waals surface area contributed by atoms with Gasteiger partial charge in [0, 0.05) is 60.3 Å². The van der Waals surface area contributed by atoms with Crippen molar-refractivity contribution in [3.05, 3.63) is 92.1 Å². The van der Waals surface area contributed by atoms with Crippen LogP contribution in [0, 0.1) is 0 Å². The van der Waals surface area contributed by atoms with E-state index in [4.69, 9.17) is 16.3 Å². The number of carbonyl (C=O) groups is 1. The molecule has 4 heterocycles. The smallest absolute Gasteiger partial charge is 0.257 e. The average Bonchev–Trinajstić information content (AvgIpc) is 3.57. The molecule has 0 atom stereocenters. The van der Waals surface area contributed by atoms with Gasteiger partial charge < -0.3 is 14.5 Å². The third-order valence-corrected chi connectivity index (χ3v) is 7.20. The van der Waals surface area contributed by atoms with Gasteiger partial charge in [-0.25, -0.2) is 5.10 Å². The first-order chi connectivity index (χ1) is 18.5. The van der Waals surface area contributed by atoms with Gasteiger partial charge in [0.05, 0.1) is 18.7 Å². The van der Waals surface area contributed by atoms with E-state index in [1.807, 2.05) is 22.6 Å². The summed E-state index contributed by atoms with van der Waals surface area (Å²) in [6.45, 7) is 4.09. The highest BCUT2D eigenvalue weighted by Gasteiger charge is 2.21. The Bertz CT molecular complexity index is 1630. The molecule has 0 spiro atoms. The molecule has 2 N–H and O–H groups in total. The summed E-state index contributed by atoms with van der Waals surface area (Å²) in [4.78, 5) is 29.3. The number of halogens is 1. The van der Waals surface area contributed by atoms with E-state index in [1.54, 1.807) is 18.3 Å². The molecule has 3 aromatic heterocycles. The number of nitrogens with one attached hydrogen (secondary N) is 2. The van der Waals surface area contributed by atoms with Crippen molar-refractivity contribution in [2.75, 3.05) is 26.3 Å². The largest absolute Gasteiger partial charge is 0.379 e. The minimum atomic E-state index is -0.415. The lowest BCUT2D eigenvalue weighted by atomic mass is 10.0. The lowest BCUT2D eigenvalue weighted by molar-refractivity contribution is 0.0342. The Morgan fingerprint density at radius 3 is 2.66 bits per heavy atom. The molecule has 5 aromatic rings. The van der Waals surface area contributed by atoms with Crippen molar-refractivity contribution in [2.45, 2.75) is 25.9 Å². The van der Waals surface area contributed by atoms with Crippen molar-refractivity contribution in [1.29, 1.82) is 0 Å². The molecule has 1 aliphatic heterocycles. The summed E-state index contributed by atoms with van der Waals surface area (Å²) in [7, 11) is 0. The number of hydrogen-bond donors (Lipinski definition) is 2. The fourth-order valence-corrected chi connectivity index (χ4v) is 5.14. The summed E-state index contributed by atoms with van der Waals surface area (Å²) in [6.07, 6.45) is 2.89. The van der Waals surface area contributed by atoms with Crippen LogP contribution in [0.25, 0.3) is 16.3 Å². The number of carbonyl (C=O) groups excluding carboxylic acids is 1. The van der Waals surface area contributed by atoms with Gasteiger partial charge >= 0.3 is 0 Å². The van der Waals surface area contributed by atoms with E-state index in [0.717, 1.165) is 40.8 Å². The number of amides is 1. The van der Waals surface area contributed by atoms with Crippen molar-refractivity contribution in [3.63, 3.8) is 0 Å². The second kappa shape index (κ2) is 10.5. The van der Waals surface area contributed by atoms with E-state index in [-0.39, 0.29) is 17.5 Å². The number of benzene rings is 2. The van der Waals surface area contributed by atoms with Crippen LogP contribution in [0.1, 0.15) is 33.0 Å². The highest BCUT2D eigenvalue weighted by atomic mass is 35.5. The second-order valence-corrected chi connectivity index (χ2v) is 9.94. The number of hydrogen-bond acceptors (Lipinski definition) is 7. The lowest BCUT2D eigenvalue weighted by Gasteiger charge is -2.26. The van der Waals surface area contributed by atoms with E-state index >= 15 is 0 Å². The SMILES string of the molecule is O=C(NCc1ccc(Cl)cc1)c1cn2c(CCc3nnn[nH]3)cc3cc(CN4CCOCC4)cc(c1=O)c32. The highest BCUT2D eigenvalue weighted by Crippen LogP contribution is 2.27. The van der Waals surface area contributed by atoms with E-state index in [9.17, 15) is 9.59 Å². The van der Waals surface area contributed by atoms with Gasteiger partial charge in [-0.15, -0.1) is 5.10 Å². The fraction of sp³-hybridized carbons (Fsp3) is 0.296. The van der Waals surface area contributed by atoms with Crippen molar-refractivity contribution >= 4 is 33.8 Å². The first-order valence-electron chi connectivity index (χ1n) is 12.5. The van der Waals surface area contributed by atoms with Gasteiger partial charge in [-0.2, -0.15) is 0 Å². The lowest BCUT2D eigenvalue weighted by Crippen LogP contribution is -2.35. The molecular weight excluding hydrogens is 506 g/mol. The summed E-state index contributed by atoms with van der Waals surface area (Å²) in [5.74, 6) is 0.259. The number of tetrazole rings is 1. The maximum Gasteiger partial charge on any atom is 0.257 e. The Balaban J connectivity index is 1.38. The van der Waals surface area contributed by atoms with Gasteiger partial charge in [0.2, 0.25) is 5.43 Å². The van der Waals surface area contributed by atoms with Gasteiger partial charge in [-0.1, -0.05) is 23.7 Å². The third-order valence-electron chi connectivity index (χ3n) is 6.95. The standard InChI is InChI=1S/C27H26ClN7O3/c28-20-3-1-17(2-4-20)14-29-27(37)23-16-35-21(5-6-24-30-32-33-31-24)13-19-11-18(12-22(25(19)35)26(23)36)15-34-7-9-38-10-8-34/h1-4,11-13,16H,5-10,14-15H2,(H,29,37)(H,30,31,32,33). The molecule has 11 heteroatoms. The number of aromatic nitrogens is 5. The zero-order valence-corrected chi connectivity index (χ0v) is 21.4. The number of ether oxygens (including phenoxy) is 1. The van der Waals surface area contributed by atoms with Gasteiger partial charge in [0.1, 0.15) is 11.4 Å². The van der Waals surface area contributed by atoms with Crippen LogP contribution < -0.4 is 10.7 Å². The van der Waals surface area contributed by atoms with Crippen LogP contribution in [0.15, 0.2) is 53.5 Å². The molecule has 0 radical (unpaired) electrons. The van der Waals surface area contributed by atoms with Crippen LogP contribution in [0.5, 0.6) is 0 Å². The Hall–Kier alpha value is -3.86. The van der Waals surface area contributed by atoms with Crippen molar-refractivity contribution in [1.82, 2.24) is 35.2 Å². The number of morpholine rings is 1. The molecule has 0 unspecified atom stereocenters. The van der Waals surface area contributed by atoms with Crippen LogP contribution in [0.2, 0.25) is 5.02 Å². The van der Waals surface area contributed by atoms with Gasteiger partial charge in [0.15, 0.2) is 0 Å². The maximum atomic E-state index is 13.7. The summed E-state index contributed by atoms with van der Waals surface area (Å²) >= 11 is 5.97. The average molecular weight is 532 g/mol. The summed E-state index contributed by atoms with van der Waals surface area (Å²) < 4.78 is 7.45. The zero-order valence-electron chi connectivity index (χ0n) is 20.6. The molecule has 0 aliphatic carbocycles. The zero-order chi connectivity index (χ0) is 26.1. The van der Waals surface area contributed by atoms with Crippen LogP contribution >= 0.6 is 11.6 Å². The molecule has 194 valence electrons. The molecule has 1 saturated heterocycles. The van der Waals surface area contributed by atoms with Gasteiger partial charge in [-0.3, -0.25) is 14.5 Å². The topological polar surface area (TPSA) is 118 Å². The number of aromatic amines is 1. The Morgan fingerprint density at radius 1 is 1.08 bits per heavy atom. The summed E-state index contributed by atoms with van der Waals surface area (Å²) in [6, 6.07) is 13.4. The normalized spacial score (nSPS) is 14.4. The van der Waals surface area contributed by atoms with Crippen LogP contribution in [0.3, 0.4) is 0 Å². The second-order valence-electron chi connectivity index (χ2n) is 9.50. The molecular formula is C27H26ClN7O3. The number of aryl methyl sites for hydroxylation is 2. The maximum absolute atomic E-state index is 13.7. The number of rotatable bonds is 8. The van der Waals surface area contributed by atoms with E-state index in [2.05, 4.69) is 43.0 Å². The first kappa shape index (κ1) is 24.5. The van der Waals surface area contributed by atoms with Crippen molar-refractivity contribution in [3.8, 4) is 0 Å². The van der Waals surface area contributed by atoms with Crippen LogP contribution in [0.4, 0.5) is 0 Å². The molecule has 2 aromatic carbocycles. The molecule has 1 fully saturated rings. The Labute approximate surface area is 222 Å². The first-order valence-corrected chi connectivity index (χ1v) is 12.9. The minimum Gasteiger partial charge on any atom is -0.379 e. The fourth-order valence-electron chi connectivity index (χ4n) is 5.02. The van der Waals surface area contributed by atoms with Crippen molar-refractivity contribution < 1.29 is 9.53 Å². The highest BCUT2D eigenvalue weighted by molar-refractivity contribution is 6.30. The Morgan fingerprint density at radius 2 is 1.89 bits per heavy atom. The van der Waals surface area contributed by atoms with E-state index in [1.165, 1.54) is 0 Å². The number of pyridine rings is 1. The quantitative estimate of drug-likeness (QED) is 0.316. The molecule has 1 amide bonds. The Kier molecular flexibility index (Phi) is 6.75. The van der Waals surface area contributed by atoms with Crippen molar-refractivity contribution in [2.24, 2.45) is 0 Å². The predicted octanol–water partition coefficient (Wildman–Crippen LogP) is 2.60. The molecule has 6 rings (SSSR count). The molecule has 0 bridgehead atoms.